The number of benzene rings is 8. The van der Waals surface area contributed by atoms with Gasteiger partial charge in [0, 0.05) is 70.2 Å². The molecule has 0 unspecified atom stereocenters. The highest BCUT2D eigenvalue weighted by molar-refractivity contribution is 5.65. The highest BCUT2D eigenvalue weighted by Gasteiger charge is 2.26. The minimum atomic E-state index is 0.128. The third-order valence-corrected chi connectivity index (χ3v) is 15.9. The number of hydrogen-bond donors (Lipinski definition) is 4. The van der Waals surface area contributed by atoms with Gasteiger partial charge in [-0.05, 0) is 171 Å². The van der Waals surface area contributed by atoms with E-state index in [9.17, 15) is 20.4 Å². The van der Waals surface area contributed by atoms with Crippen LogP contribution in [0.15, 0.2) is 187 Å². The minimum Gasteiger partial charge on any atom is -0.508 e. The lowest BCUT2D eigenvalue weighted by Crippen LogP contribution is -2.10. The summed E-state index contributed by atoms with van der Waals surface area (Å²) < 4.78 is 28.7. The monoisotopic (exact) mass is 1240 g/mol. The molecule has 16 heteroatoms. The van der Waals surface area contributed by atoms with Crippen LogP contribution < -0.4 is 18.9 Å². The van der Waals surface area contributed by atoms with Crippen molar-refractivity contribution in [2.45, 2.75) is 156 Å². The molecule has 4 N–H and O–H groups in total. The number of azo groups is 4. The number of hydrogen-bond acceptors (Lipinski definition) is 16. The standard InChI is InChI=1S/C76H88N8O8/c1-5-9-13-17-37-89-73-53-41-55-47-66(82-78-62-23-31-70(86)32-24-62)49-57(74(55)90-38-18-14-10-6-2)43-59-51-68(84-80-64-27-35-72(88)36-28-64)52-60(76(59)92-40-20-16-12-8-4)44-58-50-67(83-79-63-25-33-71(87)34-26-63)48-56(75(58)91-39-19-15-11-7-3)42-54(73)46-65(45-53)81-77-61-21-29-69(85)30-22-61/h21-36,45-52,85-88H,5-20,37-44H2,1-4H3. The molecule has 9 rings (SSSR count). The molecular formula is C76H88N8O8. The highest BCUT2D eigenvalue weighted by Crippen LogP contribution is 2.45. The topological polar surface area (TPSA) is 217 Å². The maximum absolute atomic E-state index is 10.2. The second kappa shape index (κ2) is 35.2. The Bertz CT molecular complexity index is 3170. The van der Waals surface area contributed by atoms with Crippen LogP contribution in [-0.2, 0) is 25.7 Å². The Kier molecular flexibility index (Phi) is 25.6. The van der Waals surface area contributed by atoms with Gasteiger partial charge < -0.3 is 39.4 Å². The molecule has 16 nitrogen and oxygen atoms in total. The number of phenolic OH excluding ortho intramolecular Hbond substituents is 4. The summed E-state index contributed by atoms with van der Waals surface area (Å²) in [7, 11) is 0. The molecule has 480 valence electrons. The summed E-state index contributed by atoms with van der Waals surface area (Å²) >= 11 is 0. The third-order valence-electron chi connectivity index (χ3n) is 15.9. The Labute approximate surface area is 541 Å². The van der Waals surface area contributed by atoms with Gasteiger partial charge in [-0.15, -0.1) is 0 Å². The van der Waals surface area contributed by atoms with Crippen molar-refractivity contribution in [1.82, 2.24) is 0 Å². The van der Waals surface area contributed by atoms with E-state index >= 15 is 0 Å². The zero-order valence-corrected chi connectivity index (χ0v) is 53.8. The summed E-state index contributed by atoms with van der Waals surface area (Å²) in [4.78, 5) is 0. The van der Waals surface area contributed by atoms with Crippen LogP contribution in [0.25, 0.3) is 0 Å². The number of unbranched alkanes of at least 4 members (excludes halogenated alkanes) is 12. The third kappa shape index (κ3) is 20.3. The van der Waals surface area contributed by atoms with Crippen molar-refractivity contribution in [2.75, 3.05) is 26.4 Å². The maximum atomic E-state index is 10.2. The van der Waals surface area contributed by atoms with Crippen molar-refractivity contribution in [3.63, 3.8) is 0 Å². The molecule has 0 aliphatic heterocycles. The summed E-state index contributed by atoms with van der Waals surface area (Å²) in [6, 6.07) is 43.0. The summed E-state index contributed by atoms with van der Waals surface area (Å²) in [6.45, 7) is 10.7. The highest BCUT2D eigenvalue weighted by atomic mass is 16.5. The van der Waals surface area contributed by atoms with Crippen molar-refractivity contribution < 1.29 is 39.4 Å². The first kappa shape index (κ1) is 67.0. The number of ether oxygens (including phenoxy) is 4. The first-order chi connectivity index (χ1) is 45.0. The van der Waals surface area contributed by atoms with Crippen molar-refractivity contribution in [3.8, 4) is 46.0 Å². The van der Waals surface area contributed by atoms with Crippen molar-refractivity contribution in [2.24, 2.45) is 40.9 Å². The fourth-order valence-corrected chi connectivity index (χ4v) is 11.1. The van der Waals surface area contributed by atoms with E-state index < -0.39 is 0 Å². The van der Waals surface area contributed by atoms with E-state index in [-0.39, 0.29) is 23.0 Å². The van der Waals surface area contributed by atoms with Gasteiger partial charge in [0.1, 0.15) is 46.0 Å². The lowest BCUT2D eigenvalue weighted by atomic mass is 9.90. The summed E-state index contributed by atoms with van der Waals surface area (Å²) in [6.07, 6.45) is 17.3. The van der Waals surface area contributed by atoms with Crippen LogP contribution in [0.1, 0.15) is 175 Å². The number of aromatic hydroxyl groups is 4. The van der Waals surface area contributed by atoms with E-state index in [0.717, 1.165) is 147 Å². The van der Waals surface area contributed by atoms with E-state index in [2.05, 4.69) is 27.7 Å². The van der Waals surface area contributed by atoms with Crippen LogP contribution >= 0.6 is 0 Å². The van der Waals surface area contributed by atoms with E-state index in [1.54, 1.807) is 97.1 Å². The summed E-state index contributed by atoms with van der Waals surface area (Å²) in [5, 5.41) is 79.5. The molecule has 0 spiro atoms. The quantitative estimate of drug-likeness (QED) is 0.0234. The average Bonchev–Trinajstić information content (AvgIpc) is 0.838. The molecule has 8 aromatic rings. The fraction of sp³-hybridized carbons (Fsp3) is 0.368. The maximum Gasteiger partial charge on any atom is 0.126 e. The predicted molar refractivity (Wildman–Crippen MR) is 365 cm³/mol. The van der Waals surface area contributed by atoms with Gasteiger partial charge in [-0.2, -0.15) is 40.9 Å². The molecule has 8 aromatic carbocycles. The normalized spacial score (nSPS) is 12.4. The van der Waals surface area contributed by atoms with Crippen LogP contribution in [0.4, 0.5) is 45.5 Å². The van der Waals surface area contributed by atoms with Crippen LogP contribution in [0.2, 0.25) is 0 Å². The van der Waals surface area contributed by atoms with Gasteiger partial charge in [0.2, 0.25) is 0 Å². The lowest BCUT2D eigenvalue weighted by Gasteiger charge is -2.24. The molecule has 0 saturated heterocycles. The van der Waals surface area contributed by atoms with E-state index in [1.165, 1.54) is 0 Å². The molecule has 0 heterocycles. The Hall–Kier alpha value is -9.44. The van der Waals surface area contributed by atoms with Crippen molar-refractivity contribution in [1.29, 1.82) is 0 Å². The average molecular weight is 1240 g/mol. The van der Waals surface area contributed by atoms with Crippen LogP contribution in [-0.4, -0.2) is 46.9 Å². The SMILES string of the molecule is CCCCCCOc1c2cc(N=Nc3ccc(O)cc3)cc1Cc1cc(N=Nc3ccc(O)cc3)cc(c1OCCCCCC)Cc1cc(N=Nc3ccc(O)cc3)cc(c1OCCCCCC)Cc1cc(N=Nc3ccc(O)cc3)cc(c1OCCCCCC)C2. The zero-order chi connectivity index (χ0) is 64.3. The molecule has 0 saturated carbocycles. The largest absolute Gasteiger partial charge is 0.508 e. The van der Waals surface area contributed by atoms with Gasteiger partial charge in [0.15, 0.2) is 0 Å². The van der Waals surface area contributed by atoms with Crippen LogP contribution in [0.3, 0.4) is 0 Å². The van der Waals surface area contributed by atoms with E-state index in [1.807, 2.05) is 48.5 Å². The molecule has 0 amide bonds. The van der Waals surface area contributed by atoms with Gasteiger partial charge >= 0.3 is 0 Å². The van der Waals surface area contributed by atoms with E-state index in [4.69, 9.17) is 59.9 Å². The molecule has 1 aliphatic rings. The Balaban J connectivity index is 1.36. The van der Waals surface area contributed by atoms with Crippen LogP contribution in [0, 0.1) is 0 Å². The zero-order valence-electron chi connectivity index (χ0n) is 53.8. The number of fused-ring (bicyclic) bond motifs is 8. The number of rotatable bonds is 32. The number of nitrogens with zero attached hydrogens (tertiary/aromatic N) is 8. The van der Waals surface area contributed by atoms with Gasteiger partial charge in [-0.1, -0.05) is 105 Å². The molecule has 1 aliphatic carbocycles. The van der Waals surface area contributed by atoms with Crippen molar-refractivity contribution >= 4 is 45.5 Å². The first-order valence-corrected chi connectivity index (χ1v) is 33.0. The van der Waals surface area contributed by atoms with Gasteiger partial charge in [0.05, 0.1) is 71.9 Å². The first-order valence-electron chi connectivity index (χ1n) is 33.0. The fourth-order valence-electron chi connectivity index (χ4n) is 11.1. The molecule has 0 radical (unpaired) electrons. The molecule has 0 atom stereocenters. The molecular weight excluding hydrogens is 1150 g/mol. The smallest absolute Gasteiger partial charge is 0.126 e. The van der Waals surface area contributed by atoms with Gasteiger partial charge in [0.25, 0.3) is 0 Å². The van der Waals surface area contributed by atoms with Crippen molar-refractivity contribution in [3.05, 3.63) is 190 Å². The van der Waals surface area contributed by atoms with Gasteiger partial charge in [-0.3, -0.25) is 0 Å². The van der Waals surface area contributed by atoms with Gasteiger partial charge in [-0.25, -0.2) is 0 Å². The Morgan fingerprint density at radius 3 is 0.587 bits per heavy atom. The lowest BCUT2D eigenvalue weighted by molar-refractivity contribution is 0.293. The minimum absolute atomic E-state index is 0.128. The molecule has 8 bridgehead atoms. The second-order valence-corrected chi connectivity index (χ2v) is 23.6. The molecule has 0 fully saturated rings. The predicted octanol–water partition coefficient (Wildman–Crippen LogP) is 22.7. The Morgan fingerprint density at radius 2 is 0.413 bits per heavy atom. The molecule has 0 aromatic heterocycles. The van der Waals surface area contributed by atoms with E-state index in [0.29, 0.717) is 121 Å². The van der Waals surface area contributed by atoms with Crippen LogP contribution in [0.5, 0.6) is 46.0 Å². The Morgan fingerprint density at radius 1 is 0.239 bits per heavy atom. The summed E-state index contributed by atoms with van der Waals surface area (Å²) in [5.74, 6) is 3.36. The molecule has 92 heavy (non-hydrogen) atoms. The second-order valence-electron chi connectivity index (χ2n) is 23.6. The number of phenols is 4. The summed E-state index contributed by atoms with van der Waals surface area (Å²) in [5.41, 5.74) is 11.4.